The van der Waals surface area contributed by atoms with Crippen LogP contribution in [0.1, 0.15) is 31.7 Å². The molecule has 3 heteroatoms. The number of anilines is 2. The highest BCUT2D eigenvalue weighted by Crippen LogP contribution is 2.31. The molecule has 0 aliphatic heterocycles. The van der Waals surface area contributed by atoms with E-state index in [9.17, 15) is 0 Å². The number of nitrogens with two attached hydrogens (primary N) is 1. The summed E-state index contributed by atoms with van der Waals surface area (Å²) in [5, 5.41) is 4.21. The largest absolute Gasteiger partial charge is 0.398 e. The van der Waals surface area contributed by atoms with Gasteiger partial charge in [-0.15, -0.1) is 0 Å². The van der Waals surface area contributed by atoms with E-state index in [1.807, 2.05) is 12.1 Å². The van der Waals surface area contributed by atoms with Gasteiger partial charge in [-0.3, -0.25) is 0 Å². The minimum atomic E-state index is 0.591. The minimum Gasteiger partial charge on any atom is -0.398 e. The summed E-state index contributed by atoms with van der Waals surface area (Å²) in [6.45, 7) is 4.37. The van der Waals surface area contributed by atoms with Crippen molar-refractivity contribution in [2.75, 3.05) is 11.1 Å². The van der Waals surface area contributed by atoms with Crippen molar-refractivity contribution in [3.8, 4) is 0 Å². The second-order valence-electron chi connectivity index (χ2n) is 4.95. The summed E-state index contributed by atoms with van der Waals surface area (Å²) < 4.78 is 0. The Kier molecular flexibility index (Phi) is 3.29. The van der Waals surface area contributed by atoms with Gasteiger partial charge in [-0.25, -0.2) is 0 Å². The molecule has 2 unspecified atom stereocenters. The first-order chi connectivity index (χ1) is 7.56. The van der Waals surface area contributed by atoms with Gasteiger partial charge in [0.25, 0.3) is 0 Å². The zero-order valence-corrected chi connectivity index (χ0v) is 10.6. The lowest BCUT2D eigenvalue weighted by Gasteiger charge is -2.17. The van der Waals surface area contributed by atoms with Gasteiger partial charge in [-0.1, -0.05) is 18.5 Å². The SMILES string of the molecule is Cc1cc(N)c(Cl)cc1NC1CCC(C)C1. The molecule has 16 heavy (non-hydrogen) atoms. The Morgan fingerprint density at radius 3 is 2.75 bits per heavy atom. The smallest absolute Gasteiger partial charge is 0.0656 e. The quantitative estimate of drug-likeness (QED) is 0.769. The number of aryl methyl sites for hydroxylation is 1. The van der Waals surface area contributed by atoms with Crippen LogP contribution in [0.15, 0.2) is 12.1 Å². The molecule has 2 atom stereocenters. The zero-order valence-electron chi connectivity index (χ0n) is 9.89. The first kappa shape index (κ1) is 11.6. The van der Waals surface area contributed by atoms with Gasteiger partial charge < -0.3 is 11.1 Å². The van der Waals surface area contributed by atoms with E-state index in [0.717, 1.165) is 11.6 Å². The van der Waals surface area contributed by atoms with E-state index in [-0.39, 0.29) is 0 Å². The Morgan fingerprint density at radius 2 is 2.12 bits per heavy atom. The maximum atomic E-state index is 6.03. The van der Waals surface area contributed by atoms with Crippen LogP contribution >= 0.6 is 11.6 Å². The molecule has 1 aromatic carbocycles. The molecule has 0 bridgehead atoms. The Balaban J connectivity index is 2.12. The predicted molar refractivity (Wildman–Crippen MR) is 71.0 cm³/mol. The number of halogens is 1. The molecule has 2 rings (SSSR count). The minimum absolute atomic E-state index is 0.591. The molecule has 0 radical (unpaired) electrons. The Labute approximate surface area is 102 Å². The maximum absolute atomic E-state index is 6.03. The standard InChI is InChI=1S/C13H19ClN2/c1-8-3-4-10(5-8)16-13-7-11(14)12(15)6-9(13)2/h6-8,10,16H,3-5,15H2,1-2H3. The summed E-state index contributed by atoms with van der Waals surface area (Å²) in [7, 11) is 0. The van der Waals surface area contributed by atoms with Crippen LogP contribution in [0.5, 0.6) is 0 Å². The monoisotopic (exact) mass is 238 g/mol. The van der Waals surface area contributed by atoms with E-state index in [1.54, 1.807) is 0 Å². The van der Waals surface area contributed by atoms with E-state index in [4.69, 9.17) is 17.3 Å². The van der Waals surface area contributed by atoms with Gasteiger partial charge in [-0.2, -0.15) is 0 Å². The molecule has 1 saturated carbocycles. The normalized spacial score (nSPS) is 24.7. The van der Waals surface area contributed by atoms with E-state index in [1.165, 1.54) is 24.8 Å². The molecule has 88 valence electrons. The molecule has 0 heterocycles. The third kappa shape index (κ3) is 2.43. The Morgan fingerprint density at radius 1 is 1.38 bits per heavy atom. The first-order valence-corrected chi connectivity index (χ1v) is 6.26. The molecule has 1 aliphatic rings. The molecular weight excluding hydrogens is 220 g/mol. The van der Waals surface area contributed by atoms with Crippen molar-refractivity contribution in [1.82, 2.24) is 0 Å². The van der Waals surface area contributed by atoms with Crippen LogP contribution in [0.25, 0.3) is 0 Å². The summed E-state index contributed by atoms with van der Waals surface area (Å²) in [6, 6.07) is 4.46. The van der Waals surface area contributed by atoms with Gasteiger partial charge in [0.1, 0.15) is 0 Å². The molecule has 0 amide bonds. The predicted octanol–water partition coefficient (Wildman–Crippen LogP) is 3.83. The van der Waals surface area contributed by atoms with E-state index in [0.29, 0.717) is 16.8 Å². The van der Waals surface area contributed by atoms with Crippen molar-refractivity contribution in [3.63, 3.8) is 0 Å². The molecule has 0 saturated heterocycles. The molecule has 0 spiro atoms. The number of benzene rings is 1. The lowest BCUT2D eigenvalue weighted by atomic mass is 10.1. The second kappa shape index (κ2) is 4.54. The summed E-state index contributed by atoms with van der Waals surface area (Å²) in [5.74, 6) is 0.835. The summed E-state index contributed by atoms with van der Waals surface area (Å²) >= 11 is 6.03. The van der Waals surface area contributed by atoms with Crippen molar-refractivity contribution < 1.29 is 0 Å². The molecule has 1 fully saturated rings. The fraction of sp³-hybridized carbons (Fsp3) is 0.538. The van der Waals surface area contributed by atoms with Crippen LogP contribution in [0.2, 0.25) is 5.02 Å². The van der Waals surface area contributed by atoms with Gasteiger partial charge >= 0.3 is 0 Å². The molecule has 3 N–H and O–H groups in total. The van der Waals surface area contributed by atoms with Crippen molar-refractivity contribution >= 4 is 23.0 Å². The van der Waals surface area contributed by atoms with Gasteiger partial charge in [0.2, 0.25) is 0 Å². The van der Waals surface area contributed by atoms with Gasteiger partial charge in [0.15, 0.2) is 0 Å². The number of nitrogens with one attached hydrogen (secondary N) is 1. The number of hydrogen-bond acceptors (Lipinski definition) is 2. The maximum Gasteiger partial charge on any atom is 0.0656 e. The van der Waals surface area contributed by atoms with E-state index in [2.05, 4.69) is 19.2 Å². The van der Waals surface area contributed by atoms with E-state index < -0.39 is 0 Å². The van der Waals surface area contributed by atoms with Crippen LogP contribution in [0.3, 0.4) is 0 Å². The highest BCUT2D eigenvalue weighted by Gasteiger charge is 2.21. The van der Waals surface area contributed by atoms with E-state index >= 15 is 0 Å². The average Bonchev–Trinajstić information content (AvgIpc) is 2.60. The Hall–Kier alpha value is -0.890. The van der Waals surface area contributed by atoms with Crippen LogP contribution in [-0.4, -0.2) is 6.04 Å². The molecule has 1 aliphatic carbocycles. The van der Waals surface area contributed by atoms with Crippen molar-refractivity contribution in [3.05, 3.63) is 22.7 Å². The fourth-order valence-electron chi connectivity index (χ4n) is 2.42. The van der Waals surface area contributed by atoms with Crippen LogP contribution in [0.4, 0.5) is 11.4 Å². The highest BCUT2D eigenvalue weighted by atomic mass is 35.5. The van der Waals surface area contributed by atoms with Crippen LogP contribution in [0, 0.1) is 12.8 Å². The third-order valence-electron chi connectivity index (χ3n) is 3.40. The summed E-state index contributed by atoms with van der Waals surface area (Å²) in [4.78, 5) is 0. The highest BCUT2D eigenvalue weighted by molar-refractivity contribution is 6.33. The lowest BCUT2D eigenvalue weighted by molar-refractivity contribution is 0.602. The van der Waals surface area contributed by atoms with Crippen molar-refractivity contribution in [2.24, 2.45) is 5.92 Å². The van der Waals surface area contributed by atoms with Gasteiger partial charge in [-0.05, 0) is 49.8 Å². The summed E-state index contributed by atoms with van der Waals surface area (Å²) in [6.07, 6.45) is 3.82. The molecule has 0 aromatic heterocycles. The van der Waals surface area contributed by atoms with Crippen molar-refractivity contribution in [2.45, 2.75) is 39.2 Å². The Bertz CT molecular complexity index is 390. The number of rotatable bonds is 2. The van der Waals surface area contributed by atoms with Crippen LogP contribution in [-0.2, 0) is 0 Å². The third-order valence-corrected chi connectivity index (χ3v) is 3.73. The molecular formula is C13H19ClN2. The summed E-state index contributed by atoms with van der Waals surface area (Å²) in [5.41, 5.74) is 8.71. The topological polar surface area (TPSA) is 38.0 Å². The van der Waals surface area contributed by atoms with Crippen molar-refractivity contribution in [1.29, 1.82) is 0 Å². The second-order valence-corrected chi connectivity index (χ2v) is 5.36. The van der Waals surface area contributed by atoms with Crippen LogP contribution < -0.4 is 11.1 Å². The number of hydrogen-bond donors (Lipinski definition) is 2. The molecule has 1 aromatic rings. The fourth-order valence-corrected chi connectivity index (χ4v) is 2.58. The van der Waals surface area contributed by atoms with Gasteiger partial charge in [0.05, 0.1) is 10.7 Å². The zero-order chi connectivity index (χ0) is 11.7. The number of nitrogen functional groups attached to an aromatic ring is 1. The average molecular weight is 239 g/mol. The van der Waals surface area contributed by atoms with Gasteiger partial charge in [0, 0.05) is 11.7 Å². The first-order valence-electron chi connectivity index (χ1n) is 5.88. The molecule has 2 nitrogen and oxygen atoms in total. The lowest BCUT2D eigenvalue weighted by Crippen LogP contribution is -2.16.